The Morgan fingerprint density at radius 1 is 1.26 bits per heavy atom. The summed E-state index contributed by atoms with van der Waals surface area (Å²) in [7, 11) is 0. The van der Waals surface area contributed by atoms with Crippen molar-refractivity contribution in [1.29, 1.82) is 0 Å². The Morgan fingerprint density at radius 2 is 2.05 bits per heavy atom. The average molecular weight is 262 g/mol. The summed E-state index contributed by atoms with van der Waals surface area (Å²) in [5.74, 6) is 1.68. The molecule has 0 atom stereocenters. The predicted molar refractivity (Wildman–Crippen MR) is 65.7 cm³/mol. The number of nitrogens with zero attached hydrogens (tertiary/aromatic N) is 2. The number of aromatic nitrogens is 1. The molecule has 1 aliphatic rings. The monoisotopic (exact) mass is 262 g/mol. The first-order valence-electron chi connectivity index (χ1n) is 6.14. The maximum Gasteiger partial charge on any atom is 0.276 e. The summed E-state index contributed by atoms with van der Waals surface area (Å²) in [6, 6.07) is 5.23. The fourth-order valence-electron chi connectivity index (χ4n) is 1.99. The van der Waals surface area contributed by atoms with E-state index in [0.717, 1.165) is 5.76 Å². The molecular weight excluding hydrogens is 248 g/mol. The number of hydrogen-bond acceptors (Lipinski definition) is 5. The third kappa shape index (κ3) is 2.39. The SMILES string of the molecule is Cc1ccc(-c2cc(C(=O)N3CCOCC3)no2)o1. The van der Waals surface area contributed by atoms with Gasteiger partial charge in [-0.15, -0.1) is 0 Å². The maximum atomic E-state index is 12.2. The van der Waals surface area contributed by atoms with Crippen molar-refractivity contribution in [2.45, 2.75) is 6.92 Å². The second kappa shape index (κ2) is 4.89. The lowest BCUT2D eigenvalue weighted by molar-refractivity contribution is 0.0296. The van der Waals surface area contributed by atoms with E-state index in [2.05, 4.69) is 5.16 Å². The molecule has 0 radical (unpaired) electrons. The van der Waals surface area contributed by atoms with Gasteiger partial charge in [0.15, 0.2) is 11.5 Å². The summed E-state index contributed by atoms with van der Waals surface area (Å²) in [6.07, 6.45) is 0. The lowest BCUT2D eigenvalue weighted by Crippen LogP contribution is -2.40. The standard InChI is InChI=1S/C13H14N2O4/c1-9-2-3-11(18-9)12-8-10(14-19-12)13(16)15-4-6-17-7-5-15/h2-3,8H,4-7H2,1H3. The Balaban J connectivity index is 1.79. The Labute approximate surface area is 109 Å². The highest BCUT2D eigenvalue weighted by Gasteiger charge is 2.22. The summed E-state index contributed by atoms with van der Waals surface area (Å²) in [4.78, 5) is 13.9. The van der Waals surface area contributed by atoms with Gasteiger partial charge in [-0.25, -0.2) is 0 Å². The first-order valence-corrected chi connectivity index (χ1v) is 6.14. The summed E-state index contributed by atoms with van der Waals surface area (Å²) >= 11 is 0. The second-order valence-corrected chi connectivity index (χ2v) is 4.39. The fourth-order valence-corrected chi connectivity index (χ4v) is 1.99. The number of carbonyl (C=O) groups excluding carboxylic acids is 1. The van der Waals surface area contributed by atoms with E-state index in [1.807, 2.05) is 13.0 Å². The van der Waals surface area contributed by atoms with E-state index in [-0.39, 0.29) is 5.91 Å². The normalized spacial score (nSPS) is 15.7. The fraction of sp³-hybridized carbons (Fsp3) is 0.385. The van der Waals surface area contributed by atoms with Gasteiger partial charge < -0.3 is 18.6 Å². The number of ether oxygens (including phenoxy) is 1. The van der Waals surface area contributed by atoms with E-state index < -0.39 is 0 Å². The quantitative estimate of drug-likeness (QED) is 0.824. The van der Waals surface area contributed by atoms with E-state index >= 15 is 0 Å². The molecule has 100 valence electrons. The molecule has 0 bridgehead atoms. The van der Waals surface area contributed by atoms with Crippen LogP contribution in [0.4, 0.5) is 0 Å². The van der Waals surface area contributed by atoms with Crippen LogP contribution in [-0.4, -0.2) is 42.3 Å². The van der Waals surface area contributed by atoms with Gasteiger partial charge in [-0.2, -0.15) is 0 Å². The van der Waals surface area contributed by atoms with Gasteiger partial charge in [-0.05, 0) is 19.1 Å². The lowest BCUT2D eigenvalue weighted by Gasteiger charge is -2.25. The van der Waals surface area contributed by atoms with Crippen LogP contribution in [0.15, 0.2) is 27.1 Å². The molecule has 2 aromatic rings. The molecule has 6 heteroatoms. The van der Waals surface area contributed by atoms with Gasteiger partial charge in [-0.3, -0.25) is 4.79 Å². The topological polar surface area (TPSA) is 68.7 Å². The van der Waals surface area contributed by atoms with Gasteiger partial charge in [0.05, 0.1) is 13.2 Å². The first kappa shape index (κ1) is 12.0. The highest BCUT2D eigenvalue weighted by Crippen LogP contribution is 2.23. The number of aryl methyl sites for hydroxylation is 1. The molecule has 3 rings (SSSR count). The number of furan rings is 1. The summed E-state index contributed by atoms with van der Waals surface area (Å²) in [5.41, 5.74) is 0.297. The number of rotatable bonds is 2. The van der Waals surface area contributed by atoms with Gasteiger partial charge in [-0.1, -0.05) is 5.16 Å². The van der Waals surface area contributed by atoms with E-state index in [1.165, 1.54) is 0 Å². The molecule has 1 amide bonds. The van der Waals surface area contributed by atoms with Crippen molar-refractivity contribution in [3.63, 3.8) is 0 Å². The zero-order valence-electron chi connectivity index (χ0n) is 10.6. The lowest BCUT2D eigenvalue weighted by atomic mass is 10.3. The molecular formula is C13H14N2O4. The number of morpholine rings is 1. The smallest absolute Gasteiger partial charge is 0.276 e. The Hall–Kier alpha value is -2.08. The summed E-state index contributed by atoms with van der Waals surface area (Å²) < 4.78 is 15.8. The third-order valence-electron chi connectivity index (χ3n) is 3.01. The van der Waals surface area contributed by atoms with Crippen LogP contribution in [0.2, 0.25) is 0 Å². The highest BCUT2D eigenvalue weighted by molar-refractivity contribution is 5.93. The second-order valence-electron chi connectivity index (χ2n) is 4.39. The minimum atomic E-state index is -0.137. The molecule has 0 aromatic carbocycles. The van der Waals surface area contributed by atoms with Crippen LogP contribution >= 0.6 is 0 Å². The van der Waals surface area contributed by atoms with Crippen molar-refractivity contribution >= 4 is 5.91 Å². The van der Waals surface area contributed by atoms with Gasteiger partial charge in [0.25, 0.3) is 5.91 Å². The molecule has 3 heterocycles. The third-order valence-corrected chi connectivity index (χ3v) is 3.01. The molecule has 1 aliphatic heterocycles. The molecule has 1 saturated heterocycles. The van der Waals surface area contributed by atoms with Crippen molar-refractivity contribution < 1.29 is 18.5 Å². The van der Waals surface area contributed by atoms with Crippen molar-refractivity contribution in [3.05, 3.63) is 29.7 Å². The summed E-state index contributed by atoms with van der Waals surface area (Å²) in [6.45, 7) is 4.14. The molecule has 1 fully saturated rings. The minimum absolute atomic E-state index is 0.137. The van der Waals surface area contributed by atoms with Crippen molar-refractivity contribution in [2.24, 2.45) is 0 Å². The van der Waals surface area contributed by atoms with Crippen LogP contribution in [0, 0.1) is 6.92 Å². The molecule has 0 aliphatic carbocycles. The Bertz CT molecular complexity index is 581. The molecule has 0 saturated carbocycles. The van der Waals surface area contributed by atoms with Crippen LogP contribution in [0.1, 0.15) is 16.2 Å². The summed E-state index contributed by atoms with van der Waals surface area (Å²) in [5, 5.41) is 3.81. The van der Waals surface area contributed by atoms with E-state index in [4.69, 9.17) is 13.7 Å². The minimum Gasteiger partial charge on any atom is -0.458 e. The van der Waals surface area contributed by atoms with Crippen LogP contribution in [-0.2, 0) is 4.74 Å². The van der Waals surface area contributed by atoms with Gasteiger partial charge in [0, 0.05) is 19.2 Å². The van der Waals surface area contributed by atoms with Crippen molar-refractivity contribution in [2.75, 3.05) is 26.3 Å². The van der Waals surface area contributed by atoms with E-state index in [1.54, 1.807) is 17.0 Å². The van der Waals surface area contributed by atoms with Crippen LogP contribution in [0.25, 0.3) is 11.5 Å². The highest BCUT2D eigenvalue weighted by atomic mass is 16.5. The van der Waals surface area contributed by atoms with Crippen molar-refractivity contribution in [1.82, 2.24) is 10.1 Å². The van der Waals surface area contributed by atoms with E-state index in [9.17, 15) is 4.79 Å². The largest absolute Gasteiger partial charge is 0.458 e. The van der Waals surface area contributed by atoms with E-state index in [0.29, 0.717) is 43.5 Å². The van der Waals surface area contributed by atoms with Gasteiger partial charge in [0.2, 0.25) is 5.76 Å². The molecule has 2 aromatic heterocycles. The van der Waals surface area contributed by atoms with Crippen LogP contribution in [0.5, 0.6) is 0 Å². The number of carbonyl (C=O) groups is 1. The number of amides is 1. The average Bonchev–Trinajstić information content (AvgIpc) is 3.07. The van der Waals surface area contributed by atoms with Crippen LogP contribution in [0.3, 0.4) is 0 Å². The molecule has 0 unspecified atom stereocenters. The molecule has 6 nitrogen and oxygen atoms in total. The van der Waals surface area contributed by atoms with Gasteiger partial charge >= 0.3 is 0 Å². The zero-order valence-corrected chi connectivity index (χ0v) is 10.6. The first-order chi connectivity index (χ1) is 9.24. The number of hydrogen-bond donors (Lipinski definition) is 0. The van der Waals surface area contributed by atoms with Crippen LogP contribution < -0.4 is 0 Å². The maximum absolute atomic E-state index is 12.2. The molecule has 0 spiro atoms. The molecule has 19 heavy (non-hydrogen) atoms. The van der Waals surface area contributed by atoms with Gasteiger partial charge in [0.1, 0.15) is 5.76 Å². The zero-order chi connectivity index (χ0) is 13.2. The Morgan fingerprint density at radius 3 is 2.74 bits per heavy atom. The predicted octanol–water partition coefficient (Wildman–Crippen LogP) is 1.72. The Kier molecular flexibility index (Phi) is 3.08. The van der Waals surface area contributed by atoms with Crippen molar-refractivity contribution in [3.8, 4) is 11.5 Å². The molecule has 0 N–H and O–H groups in total.